The molecule has 0 bridgehead atoms. The van der Waals surface area contributed by atoms with Crippen LogP contribution in [0.5, 0.6) is 0 Å². The van der Waals surface area contributed by atoms with Crippen molar-refractivity contribution in [2.75, 3.05) is 17.2 Å². The first-order chi connectivity index (χ1) is 9.11. The van der Waals surface area contributed by atoms with E-state index >= 15 is 0 Å². The highest BCUT2D eigenvalue weighted by Crippen LogP contribution is 2.24. The van der Waals surface area contributed by atoms with Crippen molar-refractivity contribution in [1.29, 1.82) is 0 Å². The molecule has 0 amide bonds. The van der Waals surface area contributed by atoms with Gasteiger partial charge in [0, 0.05) is 11.2 Å². The zero-order valence-corrected chi connectivity index (χ0v) is 12.8. The summed E-state index contributed by atoms with van der Waals surface area (Å²) in [5.74, 6) is -0.404. The Morgan fingerprint density at radius 1 is 1.35 bits per heavy atom. The molecule has 1 aliphatic heterocycles. The van der Waals surface area contributed by atoms with Crippen molar-refractivity contribution in [1.82, 2.24) is 4.72 Å². The first-order valence-corrected chi connectivity index (χ1v) is 9.64. The number of hydrogen-bond acceptors (Lipinski definition) is 5. The van der Waals surface area contributed by atoms with Crippen LogP contribution in [0.25, 0.3) is 0 Å². The number of rotatable bonds is 4. The van der Waals surface area contributed by atoms with Gasteiger partial charge < -0.3 is 5.73 Å². The van der Waals surface area contributed by atoms with Gasteiger partial charge in [-0.3, -0.25) is 0 Å². The molecule has 1 aromatic carbocycles. The van der Waals surface area contributed by atoms with E-state index in [-0.39, 0.29) is 17.3 Å². The molecular weight excluding hydrogens is 300 g/mol. The summed E-state index contributed by atoms with van der Waals surface area (Å²) >= 11 is 0. The molecule has 6 nitrogen and oxygen atoms in total. The summed E-state index contributed by atoms with van der Waals surface area (Å²) < 4.78 is 49.8. The first-order valence-electron chi connectivity index (χ1n) is 6.16. The van der Waals surface area contributed by atoms with Crippen molar-refractivity contribution in [3.63, 3.8) is 0 Å². The Balaban J connectivity index is 2.15. The molecule has 1 aliphatic rings. The Hall–Kier alpha value is -1.12. The molecule has 1 atom stereocenters. The van der Waals surface area contributed by atoms with Gasteiger partial charge in [0.15, 0.2) is 9.84 Å². The largest absolute Gasteiger partial charge is 0.398 e. The molecule has 2 rings (SSSR count). The summed E-state index contributed by atoms with van der Waals surface area (Å²) in [6, 6.07) is 6.71. The van der Waals surface area contributed by atoms with E-state index in [2.05, 4.69) is 4.72 Å². The molecule has 0 saturated carbocycles. The fourth-order valence-corrected chi connectivity index (χ4v) is 6.23. The number of sulfonamides is 1. The van der Waals surface area contributed by atoms with Gasteiger partial charge in [-0.15, -0.1) is 0 Å². The molecule has 112 valence electrons. The molecule has 8 heteroatoms. The minimum Gasteiger partial charge on any atom is -0.398 e. The Labute approximate surface area is 119 Å². The predicted molar refractivity (Wildman–Crippen MR) is 78.3 cm³/mol. The SMILES string of the molecule is CC1(NS(=O)(=O)Cc2ccccc2N)CCS(=O)(=O)C1. The molecule has 0 spiro atoms. The van der Waals surface area contributed by atoms with E-state index < -0.39 is 25.4 Å². The highest BCUT2D eigenvalue weighted by Gasteiger charge is 2.41. The fraction of sp³-hybridized carbons (Fsp3) is 0.500. The van der Waals surface area contributed by atoms with Crippen LogP contribution in [-0.2, 0) is 25.6 Å². The van der Waals surface area contributed by atoms with Crippen LogP contribution < -0.4 is 10.5 Å². The van der Waals surface area contributed by atoms with Gasteiger partial charge in [-0.05, 0) is 25.0 Å². The van der Waals surface area contributed by atoms with Gasteiger partial charge in [-0.1, -0.05) is 18.2 Å². The van der Waals surface area contributed by atoms with Crippen LogP contribution in [0.1, 0.15) is 18.9 Å². The lowest BCUT2D eigenvalue weighted by molar-refractivity contribution is 0.461. The third-order valence-electron chi connectivity index (χ3n) is 3.31. The maximum Gasteiger partial charge on any atom is 0.216 e. The quantitative estimate of drug-likeness (QED) is 0.775. The lowest BCUT2D eigenvalue weighted by Gasteiger charge is -2.23. The van der Waals surface area contributed by atoms with Crippen molar-refractivity contribution in [2.45, 2.75) is 24.6 Å². The summed E-state index contributed by atoms with van der Waals surface area (Å²) in [5.41, 5.74) is 5.70. The van der Waals surface area contributed by atoms with Crippen molar-refractivity contribution in [3.8, 4) is 0 Å². The van der Waals surface area contributed by atoms with E-state index in [1.807, 2.05) is 0 Å². The van der Waals surface area contributed by atoms with E-state index in [0.717, 1.165) is 0 Å². The minimum absolute atomic E-state index is 0.0134. The number of nitrogens with one attached hydrogen (secondary N) is 1. The fourth-order valence-electron chi connectivity index (χ4n) is 2.37. The number of benzene rings is 1. The third-order valence-corrected chi connectivity index (χ3v) is 6.70. The maximum absolute atomic E-state index is 12.2. The highest BCUT2D eigenvalue weighted by atomic mass is 32.2. The summed E-state index contributed by atoms with van der Waals surface area (Å²) in [6.45, 7) is 1.61. The molecule has 0 aromatic heterocycles. The number of hydrogen-bond donors (Lipinski definition) is 2. The number of anilines is 1. The minimum atomic E-state index is -3.64. The Bertz CT molecular complexity index is 713. The lowest BCUT2D eigenvalue weighted by atomic mass is 10.0. The first kappa shape index (κ1) is 15.3. The van der Waals surface area contributed by atoms with E-state index in [9.17, 15) is 16.8 Å². The van der Waals surface area contributed by atoms with E-state index in [4.69, 9.17) is 5.73 Å². The second kappa shape index (κ2) is 5.01. The van der Waals surface area contributed by atoms with Gasteiger partial charge >= 0.3 is 0 Å². The predicted octanol–water partition coefficient (Wildman–Crippen LogP) is 0.265. The van der Waals surface area contributed by atoms with Crippen molar-refractivity contribution >= 4 is 25.5 Å². The van der Waals surface area contributed by atoms with Crippen LogP contribution in [0.15, 0.2) is 24.3 Å². The van der Waals surface area contributed by atoms with Crippen LogP contribution in [0.2, 0.25) is 0 Å². The number of para-hydroxylation sites is 1. The lowest BCUT2D eigenvalue weighted by Crippen LogP contribution is -2.47. The molecule has 1 unspecified atom stereocenters. The van der Waals surface area contributed by atoms with Crippen LogP contribution >= 0.6 is 0 Å². The maximum atomic E-state index is 12.2. The average Bonchev–Trinajstić information content (AvgIpc) is 2.54. The van der Waals surface area contributed by atoms with Gasteiger partial charge in [-0.25, -0.2) is 21.6 Å². The summed E-state index contributed by atoms with van der Waals surface area (Å²) in [4.78, 5) is 0. The highest BCUT2D eigenvalue weighted by molar-refractivity contribution is 7.92. The molecule has 20 heavy (non-hydrogen) atoms. The molecular formula is C12H18N2O4S2. The average molecular weight is 318 g/mol. The van der Waals surface area contributed by atoms with Gasteiger partial charge in [0.1, 0.15) is 0 Å². The molecule has 1 saturated heterocycles. The number of nitrogen functional groups attached to an aromatic ring is 1. The Morgan fingerprint density at radius 3 is 2.55 bits per heavy atom. The smallest absolute Gasteiger partial charge is 0.216 e. The van der Waals surface area contributed by atoms with Crippen LogP contribution in [0, 0.1) is 0 Å². The number of sulfone groups is 1. The standard InChI is InChI=1S/C12H18N2O4S2/c1-12(6-7-19(15,16)9-12)14-20(17,18)8-10-4-2-3-5-11(10)13/h2-5,14H,6-9,13H2,1H3. The van der Waals surface area contributed by atoms with Crippen LogP contribution in [0.4, 0.5) is 5.69 Å². The van der Waals surface area contributed by atoms with Crippen LogP contribution in [0.3, 0.4) is 0 Å². The molecule has 3 N–H and O–H groups in total. The third kappa shape index (κ3) is 3.71. The molecule has 1 heterocycles. The van der Waals surface area contributed by atoms with Crippen molar-refractivity contribution < 1.29 is 16.8 Å². The van der Waals surface area contributed by atoms with E-state index in [1.165, 1.54) is 0 Å². The van der Waals surface area contributed by atoms with Crippen molar-refractivity contribution in [2.24, 2.45) is 0 Å². The second-order valence-corrected chi connectivity index (χ2v) is 9.37. The van der Waals surface area contributed by atoms with Crippen molar-refractivity contribution in [3.05, 3.63) is 29.8 Å². The zero-order chi connectivity index (χ0) is 15.0. The monoisotopic (exact) mass is 318 g/mol. The van der Waals surface area contributed by atoms with Gasteiger partial charge in [0.05, 0.1) is 17.3 Å². The molecule has 1 aromatic rings. The van der Waals surface area contributed by atoms with E-state index in [0.29, 0.717) is 17.7 Å². The second-order valence-electron chi connectivity index (χ2n) is 5.46. The van der Waals surface area contributed by atoms with E-state index in [1.54, 1.807) is 31.2 Å². The normalized spacial score (nSPS) is 25.6. The summed E-state index contributed by atoms with van der Waals surface area (Å²) in [6.07, 6.45) is 0.291. The van der Waals surface area contributed by atoms with Gasteiger partial charge in [0.25, 0.3) is 0 Å². The van der Waals surface area contributed by atoms with Crippen LogP contribution in [-0.4, -0.2) is 33.9 Å². The molecule has 0 radical (unpaired) electrons. The summed E-state index contributed by atoms with van der Waals surface area (Å²) in [7, 11) is -6.80. The molecule has 0 aliphatic carbocycles. The topological polar surface area (TPSA) is 106 Å². The zero-order valence-electron chi connectivity index (χ0n) is 11.2. The Morgan fingerprint density at radius 2 is 2.00 bits per heavy atom. The Kier molecular flexibility index (Phi) is 3.83. The number of nitrogens with two attached hydrogens (primary N) is 1. The van der Waals surface area contributed by atoms with Gasteiger partial charge in [0.2, 0.25) is 10.0 Å². The summed E-state index contributed by atoms with van der Waals surface area (Å²) in [5, 5.41) is 0. The van der Waals surface area contributed by atoms with Gasteiger partial charge in [-0.2, -0.15) is 0 Å². The molecule has 1 fully saturated rings.